The average molecular weight is 412 g/mol. The Morgan fingerprint density at radius 2 is 2.00 bits per heavy atom. The Bertz CT molecular complexity index is 1050. The number of hydrogen-bond acceptors (Lipinski definition) is 6. The lowest BCUT2D eigenvalue weighted by Crippen LogP contribution is -2.42. The zero-order valence-electron chi connectivity index (χ0n) is 16.6. The molecular weight excluding hydrogens is 392 g/mol. The predicted octanol–water partition coefficient (Wildman–Crippen LogP) is 2.32. The van der Waals surface area contributed by atoms with Gasteiger partial charge in [0.25, 0.3) is 11.6 Å². The van der Waals surface area contributed by atoms with Gasteiger partial charge in [-0.05, 0) is 37.1 Å². The molecule has 156 valence electrons. The largest absolute Gasteiger partial charge is 0.495 e. The molecule has 0 bridgehead atoms. The number of urea groups is 1. The maximum absolute atomic E-state index is 13.0. The molecule has 10 nitrogen and oxygen atoms in total. The van der Waals surface area contributed by atoms with Crippen LogP contribution in [-0.2, 0) is 15.1 Å². The second kappa shape index (κ2) is 7.82. The van der Waals surface area contributed by atoms with Crippen LogP contribution in [0.5, 0.6) is 5.75 Å². The molecule has 0 aliphatic carbocycles. The zero-order chi connectivity index (χ0) is 22.1. The van der Waals surface area contributed by atoms with Gasteiger partial charge in [0.15, 0.2) is 0 Å². The minimum Gasteiger partial charge on any atom is -0.495 e. The Labute approximate surface area is 172 Å². The molecule has 1 saturated heterocycles. The number of imide groups is 1. The van der Waals surface area contributed by atoms with E-state index in [0.29, 0.717) is 11.4 Å². The van der Waals surface area contributed by atoms with Gasteiger partial charge in [0, 0.05) is 12.1 Å². The molecule has 1 atom stereocenters. The van der Waals surface area contributed by atoms with Crippen molar-refractivity contribution in [1.29, 1.82) is 0 Å². The lowest BCUT2D eigenvalue weighted by atomic mass is 9.91. The standard InChI is InChI=1S/C20H20N4O6/c1-12-7-8-16(30-3)15(9-12)21-17(25)11-23-18(26)20(2,22-19(23)27)13-5-4-6-14(10-13)24(28)29/h4-10H,11H2,1-3H3,(H,21,25)(H,22,27). The molecule has 30 heavy (non-hydrogen) atoms. The number of non-ortho nitro benzene ring substituents is 1. The number of anilines is 1. The summed E-state index contributed by atoms with van der Waals surface area (Å²) in [7, 11) is 1.46. The van der Waals surface area contributed by atoms with Gasteiger partial charge in [-0.15, -0.1) is 0 Å². The monoisotopic (exact) mass is 412 g/mol. The SMILES string of the molecule is COc1ccc(C)cc1NC(=O)CN1C(=O)NC(C)(c2cccc([N+](=O)[O-])c2)C1=O. The predicted molar refractivity (Wildman–Crippen MR) is 107 cm³/mol. The number of hydrogen-bond donors (Lipinski definition) is 2. The van der Waals surface area contributed by atoms with Crippen molar-refractivity contribution in [2.24, 2.45) is 0 Å². The first-order valence-electron chi connectivity index (χ1n) is 8.99. The summed E-state index contributed by atoms with van der Waals surface area (Å²) in [5.74, 6) is -0.836. The molecule has 1 heterocycles. The van der Waals surface area contributed by atoms with E-state index in [1.165, 1.54) is 38.3 Å². The minimum atomic E-state index is -1.52. The number of methoxy groups -OCH3 is 1. The third-order valence-electron chi connectivity index (χ3n) is 4.84. The Kier molecular flexibility index (Phi) is 5.41. The number of aryl methyl sites for hydroxylation is 1. The Balaban J connectivity index is 1.80. The number of carbonyl (C=O) groups is 3. The molecule has 0 spiro atoms. The maximum atomic E-state index is 13.0. The van der Waals surface area contributed by atoms with Crippen molar-refractivity contribution in [2.75, 3.05) is 19.0 Å². The summed E-state index contributed by atoms with van der Waals surface area (Å²) in [5.41, 5.74) is -0.183. The summed E-state index contributed by atoms with van der Waals surface area (Å²) in [6.45, 7) is 2.76. The number of benzene rings is 2. The molecule has 2 aromatic rings. The molecule has 0 radical (unpaired) electrons. The number of amides is 4. The third-order valence-corrected chi connectivity index (χ3v) is 4.84. The second-order valence-corrected chi connectivity index (χ2v) is 7.01. The second-order valence-electron chi connectivity index (χ2n) is 7.01. The van der Waals surface area contributed by atoms with E-state index in [-0.39, 0.29) is 11.3 Å². The van der Waals surface area contributed by atoms with Crippen LogP contribution in [0.2, 0.25) is 0 Å². The van der Waals surface area contributed by atoms with Crippen LogP contribution in [0.1, 0.15) is 18.1 Å². The van der Waals surface area contributed by atoms with Crippen LogP contribution in [0.25, 0.3) is 0 Å². The highest BCUT2D eigenvalue weighted by Crippen LogP contribution is 2.31. The molecule has 1 aliphatic heterocycles. The third kappa shape index (κ3) is 3.79. The van der Waals surface area contributed by atoms with Gasteiger partial charge in [-0.3, -0.25) is 24.6 Å². The Morgan fingerprint density at radius 3 is 2.67 bits per heavy atom. The van der Waals surface area contributed by atoms with Gasteiger partial charge in [-0.1, -0.05) is 18.2 Å². The molecule has 10 heteroatoms. The van der Waals surface area contributed by atoms with Crippen LogP contribution in [0.15, 0.2) is 42.5 Å². The van der Waals surface area contributed by atoms with E-state index in [1.807, 2.05) is 13.0 Å². The van der Waals surface area contributed by atoms with Crippen LogP contribution in [0, 0.1) is 17.0 Å². The van der Waals surface area contributed by atoms with Crippen molar-refractivity contribution in [3.8, 4) is 5.75 Å². The van der Waals surface area contributed by atoms with Crippen molar-refractivity contribution in [2.45, 2.75) is 19.4 Å². The van der Waals surface area contributed by atoms with Crippen molar-refractivity contribution >= 4 is 29.2 Å². The normalized spacial score (nSPS) is 18.2. The summed E-state index contributed by atoms with van der Waals surface area (Å²) in [6.07, 6.45) is 0. The Morgan fingerprint density at radius 1 is 1.27 bits per heavy atom. The fourth-order valence-corrected chi connectivity index (χ4v) is 3.22. The van der Waals surface area contributed by atoms with Crippen LogP contribution < -0.4 is 15.4 Å². The van der Waals surface area contributed by atoms with Crippen molar-refractivity contribution in [3.05, 3.63) is 63.7 Å². The first-order chi connectivity index (χ1) is 14.2. The van der Waals surface area contributed by atoms with E-state index in [4.69, 9.17) is 4.74 Å². The van der Waals surface area contributed by atoms with Crippen molar-refractivity contribution in [1.82, 2.24) is 10.2 Å². The molecule has 2 N–H and O–H groups in total. The van der Waals surface area contributed by atoms with E-state index in [2.05, 4.69) is 10.6 Å². The van der Waals surface area contributed by atoms with Crippen molar-refractivity contribution < 1.29 is 24.0 Å². The fourth-order valence-electron chi connectivity index (χ4n) is 3.22. The molecule has 0 saturated carbocycles. The molecule has 1 aliphatic rings. The number of nitro groups is 1. The number of rotatable bonds is 6. The number of nitrogens with one attached hydrogen (secondary N) is 2. The van der Waals surface area contributed by atoms with Gasteiger partial charge in [-0.25, -0.2) is 4.79 Å². The molecule has 4 amide bonds. The average Bonchev–Trinajstić information content (AvgIpc) is 2.92. The number of nitrogens with zero attached hydrogens (tertiary/aromatic N) is 2. The van der Waals surface area contributed by atoms with Gasteiger partial charge in [-0.2, -0.15) is 0 Å². The van der Waals surface area contributed by atoms with Crippen LogP contribution in [0.3, 0.4) is 0 Å². The van der Waals surface area contributed by atoms with Gasteiger partial charge < -0.3 is 15.4 Å². The fraction of sp³-hybridized carbons (Fsp3) is 0.250. The van der Waals surface area contributed by atoms with E-state index in [1.54, 1.807) is 12.1 Å². The summed E-state index contributed by atoms with van der Waals surface area (Å²) in [4.78, 5) is 49.1. The summed E-state index contributed by atoms with van der Waals surface area (Å²) in [5, 5.41) is 16.2. The first kappa shape index (κ1) is 20.8. The molecule has 3 rings (SSSR count). The van der Waals surface area contributed by atoms with E-state index in [0.717, 1.165) is 10.5 Å². The number of carbonyl (C=O) groups excluding carboxylic acids is 3. The van der Waals surface area contributed by atoms with E-state index >= 15 is 0 Å². The molecule has 0 aromatic heterocycles. The van der Waals surface area contributed by atoms with E-state index < -0.39 is 34.9 Å². The highest BCUT2D eigenvalue weighted by molar-refractivity contribution is 6.10. The molecule has 1 fully saturated rings. The highest BCUT2D eigenvalue weighted by atomic mass is 16.6. The van der Waals surface area contributed by atoms with Gasteiger partial charge >= 0.3 is 6.03 Å². The zero-order valence-corrected chi connectivity index (χ0v) is 16.6. The highest BCUT2D eigenvalue weighted by Gasteiger charge is 2.49. The van der Waals surface area contributed by atoms with Crippen LogP contribution >= 0.6 is 0 Å². The summed E-state index contributed by atoms with van der Waals surface area (Å²) in [6, 6.07) is 9.89. The topological polar surface area (TPSA) is 131 Å². The first-order valence-corrected chi connectivity index (χ1v) is 8.99. The summed E-state index contributed by atoms with van der Waals surface area (Å²) < 4.78 is 5.21. The van der Waals surface area contributed by atoms with Gasteiger partial charge in [0.05, 0.1) is 17.7 Å². The lowest BCUT2D eigenvalue weighted by molar-refractivity contribution is -0.385. The Hall–Kier alpha value is -3.95. The molecular formula is C20H20N4O6. The van der Waals surface area contributed by atoms with E-state index in [9.17, 15) is 24.5 Å². The molecule has 2 aromatic carbocycles. The minimum absolute atomic E-state index is 0.210. The number of nitro benzene ring substituents is 1. The molecule has 1 unspecified atom stereocenters. The van der Waals surface area contributed by atoms with Gasteiger partial charge in [0.2, 0.25) is 5.91 Å². The number of ether oxygens (including phenoxy) is 1. The van der Waals surface area contributed by atoms with Crippen LogP contribution in [0.4, 0.5) is 16.2 Å². The van der Waals surface area contributed by atoms with Gasteiger partial charge in [0.1, 0.15) is 17.8 Å². The lowest BCUT2D eigenvalue weighted by Gasteiger charge is -2.22. The summed E-state index contributed by atoms with van der Waals surface area (Å²) >= 11 is 0. The quantitative estimate of drug-likeness (QED) is 0.425. The van der Waals surface area contributed by atoms with Crippen LogP contribution in [-0.4, -0.2) is 41.3 Å². The smallest absolute Gasteiger partial charge is 0.325 e. The van der Waals surface area contributed by atoms with Crippen molar-refractivity contribution in [3.63, 3.8) is 0 Å². The maximum Gasteiger partial charge on any atom is 0.325 e.